The minimum Gasteiger partial charge on any atom is -0.497 e. The summed E-state index contributed by atoms with van der Waals surface area (Å²) in [5.41, 5.74) is 1.81. The molecular weight excluding hydrogens is 354 g/mol. The number of nitrogens with one attached hydrogen (secondary N) is 1. The number of hydrogen-bond acceptors (Lipinski definition) is 4. The van der Waals surface area contributed by atoms with Crippen molar-refractivity contribution in [1.29, 1.82) is 0 Å². The Bertz CT molecular complexity index is 1020. The number of pyridine rings is 1. The van der Waals surface area contributed by atoms with Crippen LogP contribution in [0.15, 0.2) is 60.7 Å². The highest BCUT2D eigenvalue weighted by Gasteiger charge is 2.35. The molecule has 2 amide bonds. The largest absolute Gasteiger partial charge is 0.497 e. The molecular formula is C22H21N3O3. The third kappa shape index (κ3) is 3.53. The van der Waals surface area contributed by atoms with E-state index in [0.717, 1.165) is 23.1 Å². The van der Waals surface area contributed by atoms with Crippen LogP contribution in [-0.2, 0) is 4.79 Å². The molecule has 2 heterocycles. The van der Waals surface area contributed by atoms with E-state index in [2.05, 4.69) is 10.3 Å². The first-order valence-corrected chi connectivity index (χ1v) is 9.27. The van der Waals surface area contributed by atoms with Gasteiger partial charge in [0.25, 0.3) is 5.91 Å². The molecule has 142 valence electrons. The molecule has 0 aliphatic carbocycles. The van der Waals surface area contributed by atoms with Crippen LogP contribution < -0.4 is 10.1 Å². The summed E-state index contributed by atoms with van der Waals surface area (Å²) in [6.45, 7) is 0.550. The maximum Gasteiger partial charge on any atom is 0.273 e. The highest BCUT2D eigenvalue weighted by Crippen LogP contribution is 2.23. The van der Waals surface area contributed by atoms with Gasteiger partial charge in [-0.15, -0.1) is 0 Å². The van der Waals surface area contributed by atoms with E-state index in [1.165, 1.54) is 0 Å². The van der Waals surface area contributed by atoms with Crippen LogP contribution in [0.4, 0.5) is 5.69 Å². The molecule has 1 N–H and O–H groups in total. The number of anilines is 1. The first kappa shape index (κ1) is 18.0. The summed E-state index contributed by atoms with van der Waals surface area (Å²) >= 11 is 0. The normalized spacial score (nSPS) is 16.2. The summed E-state index contributed by atoms with van der Waals surface area (Å²) in [4.78, 5) is 31.9. The van der Waals surface area contributed by atoms with Crippen molar-refractivity contribution in [3.05, 3.63) is 66.4 Å². The number of hydrogen-bond donors (Lipinski definition) is 1. The maximum atomic E-state index is 13.0. The topological polar surface area (TPSA) is 71.5 Å². The van der Waals surface area contributed by atoms with Crippen molar-refractivity contribution in [3.63, 3.8) is 0 Å². The molecule has 6 heteroatoms. The fourth-order valence-corrected chi connectivity index (χ4v) is 3.51. The van der Waals surface area contributed by atoms with Crippen LogP contribution in [-0.4, -0.2) is 41.4 Å². The number of amides is 2. The van der Waals surface area contributed by atoms with E-state index < -0.39 is 6.04 Å². The Morgan fingerprint density at radius 2 is 1.86 bits per heavy atom. The Hall–Kier alpha value is -3.41. The minimum absolute atomic E-state index is 0.184. The molecule has 1 atom stereocenters. The van der Waals surface area contributed by atoms with Gasteiger partial charge in [0.05, 0.1) is 12.6 Å². The molecule has 1 saturated heterocycles. The van der Waals surface area contributed by atoms with Crippen molar-refractivity contribution < 1.29 is 14.3 Å². The summed E-state index contributed by atoms with van der Waals surface area (Å²) in [5, 5.41) is 3.87. The Morgan fingerprint density at radius 1 is 1.07 bits per heavy atom. The van der Waals surface area contributed by atoms with E-state index >= 15 is 0 Å². The second-order valence-electron chi connectivity index (χ2n) is 6.76. The van der Waals surface area contributed by atoms with Gasteiger partial charge in [-0.05, 0) is 49.2 Å². The van der Waals surface area contributed by atoms with E-state index in [-0.39, 0.29) is 11.8 Å². The SMILES string of the molecule is COc1ccc(NC(=O)C2CCCN2C(=O)c2ccc3ccccc3n2)cc1. The van der Waals surface area contributed by atoms with Crippen LogP contribution in [0.1, 0.15) is 23.3 Å². The van der Waals surface area contributed by atoms with Gasteiger partial charge in [0.2, 0.25) is 5.91 Å². The van der Waals surface area contributed by atoms with Gasteiger partial charge in [-0.25, -0.2) is 4.98 Å². The zero-order valence-electron chi connectivity index (χ0n) is 15.6. The van der Waals surface area contributed by atoms with E-state index in [1.54, 1.807) is 42.3 Å². The number of nitrogens with zero attached hydrogens (tertiary/aromatic N) is 2. The van der Waals surface area contributed by atoms with Gasteiger partial charge in [-0.1, -0.05) is 24.3 Å². The van der Waals surface area contributed by atoms with Gasteiger partial charge in [-0.3, -0.25) is 9.59 Å². The van der Waals surface area contributed by atoms with Gasteiger partial charge >= 0.3 is 0 Å². The summed E-state index contributed by atoms with van der Waals surface area (Å²) < 4.78 is 5.13. The lowest BCUT2D eigenvalue weighted by Crippen LogP contribution is -2.43. The Labute approximate surface area is 163 Å². The fraction of sp³-hybridized carbons (Fsp3) is 0.227. The van der Waals surface area contributed by atoms with Crippen molar-refractivity contribution in [2.45, 2.75) is 18.9 Å². The first-order chi connectivity index (χ1) is 13.7. The van der Waals surface area contributed by atoms with Crippen LogP contribution in [0.5, 0.6) is 5.75 Å². The number of fused-ring (bicyclic) bond motifs is 1. The van der Waals surface area contributed by atoms with Crippen molar-refractivity contribution in [2.75, 3.05) is 19.0 Å². The predicted octanol–water partition coefficient (Wildman–Crippen LogP) is 3.49. The van der Waals surface area contributed by atoms with Crippen molar-refractivity contribution in [2.24, 2.45) is 0 Å². The number of methoxy groups -OCH3 is 1. The molecule has 2 aromatic carbocycles. The molecule has 28 heavy (non-hydrogen) atoms. The minimum atomic E-state index is -0.497. The number of para-hydroxylation sites is 1. The smallest absolute Gasteiger partial charge is 0.273 e. The van der Waals surface area contributed by atoms with Crippen LogP contribution in [0, 0.1) is 0 Å². The quantitative estimate of drug-likeness (QED) is 0.758. The molecule has 1 aliphatic rings. The molecule has 6 nitrogen and oxygen atoms in total. The molecule has 1 aliphatic heterocycles. The Morgan fingerprint density at radius 3 is 2.64 bits per heavy atom. The summed E-state index contributed by atoms with van der Waals surface area (Å²) in [6, 6.07) is 17.9. The molecule has 4 rings (SSSR count). The molecule has 0 saturated carbocycles. The van der Waals surface area contributed by atoms with Crippen LogP contribution in [0.3, 0.4) is 0 Å². The average Bonchev–Trinajstić information content (AvgIpc) is 3.23. The molecule has 0 spiro atoms. The van der Waals surface area contributed by atoms with Gasteiger partial charge < -0.3 is 15.0 Å². The van der Waals surface area contributed by atoms with Crippen molar-refractivity contribution in [1.82, 2.24) is 9.88 Å². The second-order valence-corrected chi connectivity index (χ2v) is 6.76. The fourth-order valence-electron chi connectivity index (χ4n) is 3.51. The van der Waals surface area contributed by atoms with E-state index in [0.29, 0.717) is 24.3 Å². The molecule has 0 radical (unpaired) electrons. The standard InChI is InChI=1S/C22H21N3O3/c1-28-17-11-9-16(10-12-17)23-21(26)20-7-4-14-25(20)22(27)19-13-8-15-5-2-3-6-18(15)24-19/h2-3,5-6,8-13,20H,4,7,14H2,1H3,(H,23,26). The van der Waals surface area contributed by atoms with Gasteiger partial charge in [-0.2, -0.15) is 0 Å². The highest BCUT2D eigenvalue weighted by molar-refractivity contribution is 6.01. The lowest BCUT2D eigenvalue weighted by molar-refractivity contribution is -0.119. The summed E-state index contributed by atoms with van der Waals surface area (Å²) in [6.07, 6.45) is 1.43. The summed E-state index contributed by atoms with van der Waals surface area (Å²) in [7, 11) is 1.59. The van der Waals surface area contributed by atoms with E-state index in [1.807, 2.05) is 30.3 Å². The zero-order chi connectivity index (χ0) is 19.5. The monoisotopic (exact) mass is 375 g/mol. The maximum absolute atomic E-state index is 13.0. The van der Waals surface area contributed by atoms with Crippen LogP contribution in [0.2, 0.25) is 0 Å². The number of benzene rings is 2. The zero-order valence-corrected chi connectivity index (χ0v) is 15.6. The molecule has 3 aromatic rings. The predicted molar refractivity (Wildman–Crippen MR) is 107 cm³/mol. The van der Waals surface area contributed by atoms with Crippen molar-refractivity contribution in [3.8, 4) is 5.75 Å². The average molecular weight is 375 g/mol. The lowest BCUT2D eigenvalue weighted by atomic mass is 10.1. The number of carbonyl (C=O) groups excluding carboxylic acids is 2. The summed E-state index contributed by atoms with van der Waals surface area (Å²) in [5.74, 6) is 0.327. The molecule has 0 bridgehead atoms. The lowest BCUT2D eigenvalue weighted by Gasteiger charge is -2.23. The molecule has 1 unspecified atom stereocenters. The number of carbonyl (C=O) groups is 2. The van der Waals surface area contributed by atoms with Crippen LogP contribution in [0.25, 0.3) is 10.9 Å². The number of rotatable bonds is 4. The number of likely N-dealkylation sites (tertiary alicyclic amines) is 1. The first-order valence-electron chi connectivity index (χ1n) is 9.27. The van der Waals surface area contributed by atoms with Crippen molar-refractivity contribution >= 4 is 28.4 Å². The van der Waals surface area contributed by atoms with Gasteiger partial charge in [0.1, 0.15) is 17.5 Å². The number of ether oxygens (including phenoxy) is 1. The molecule has 1 fully saturated rings. The molecule has 1 aromatic heterocycles. The van der Waals surface area contributed by atoms with Gasteiger partial charge in [0.15, 0.2) is 0 Å². The third-order valence-corrected chi connectivity index (χ3v) is 4.99. The van der Waals surface area contributed by atoms with Gasteiger partial charge in [0, 0.05) is 17.6 Å². The van der Waals surface area contributed by atoms with Crippen LogP contribution >= 0.6 is 0 Å². The van der Waals surface area contributed by atoms with E-state index in [4.69, 9.17) is 4.74 Å². The van der Waals surface area contributed by atoms with E-state index in [9.17, 15) is 9.59 Å². The Kier molecular flexibility index (Phi) is 4.93. The second kappa shape index (κ2) is 7.68. The third-order valence-electron chi connectivity index (χ3n) is 4.99. The highest BCUT2D eigenvalue weighted by atomic mass is 16.5. The Balaban J connectivity index is 1.51. The number of aromatic nitrogens is 1.